The van der Waals surface area contributed by atoms with Gasteiger partial charge < -0.3 is 0 Å². The first-order valence-electron chi connectivity index (χ1n) is 7.39. The van der Waals surface area contributed by atoms with E-state index in [9.17, 15) is 7.01 Å². The molecule has 0 aliphatic heterocycles. The molecule has 0 aromatic carbocycles. The fourth-order valence-corrected chi connectivity index (χ4v) is 4.72. The maximum absolute atomic E-state index is 11.3. The van der Waals surface area contributed by atoms with E-state index < -0.39 is 24.2 Å². The molecule has 0 atom stereocenters. The van der Waals surface area contributed by atoms with Crippen LogP contribution < -0.4 is 0 Å². The molecule has 3 nitrogen and oxygen atoms in total. The Morgan fingerprint density at radius 2 is 1.50 bits per heavy atom. The monoisotopic (exact) mass is 294 g/mol. The predicted molar refractivity (Wildman–Crippen MR) is 69.8 cm³/mol. The molecule has 0 aliphatic rings. The van der Waals surface area contributed by atoms with E-state index in [1.54, 1.807) is 0 Å². The molecule has 0 aromatic heterocycles. The summed E-state index contributed by atoms with van der Waals surface area (Å²) in [6.07, 6.45) is 7.05. The van der Waals surface area contributed by atoms with E-state index in [2.05, 4.69) is 34.6 Å². The zero-order valence-corrected chi connectivity index (χ0v) is 14.3. The van der Waals surface area contributed by atoms with Crippen LogP contribution in [0.3, 0.4) is 0 Å². The summed E-state index contributed by atoms with van der Waals surface area (Å²) in [7, 11) is 0. The molecule has 18 heavy (non-hydrogen) atoms. The summed E-state index contributed by atoms with van der Waals surface area (Å²) in [4.78, 5) is 0. The maximum atomic E-state index is 11.3. The molecule has 4 heteroatoms. The van der Waals surface area contributed by atoms with Crippen LogP contribution in [0.4, 0.5) is 0 Å². The summed E-state index contributed by atoms with van der Waals surface area (Å²) in [5, 5.41) is 0. The number of unbranched alkanes of at least 4 members (excludes halogenated alkanes) is 1. The first-order valence-corrected chi connectivity index (χ1v) is 9.36. The van der Waals surface area contributed by atoms with E-state index in [1.807, 2.05) is 0 Å². The van der Waals surface area contributed by atoms with Gasteiger partial charge in [-0.15, -0.1) is 0 Å². The second-order valence-corrected chi connectivity index (χ2v) is 6.31. The summed E-state index contributed by atoms with van der Waals surface area (Å²) in [5.74, 6) is 0. The molecule has 1 N–H and O–H groups in total. The van der Waals surface area contributed by atoms with Crippen molar-refractivity contribution in [1.82, 2.24) is 0 Å². The Labute approximate surface area is 119 Å². The van der Waals surface area contributed by atoms with Crippen LogP contribution in [0, 0.1) is 5.41 Å². The van der Waals surface area contributed by atoms with E-state index in [0.717, 1.165) is 44.9 Å². The van der Waals surface area contributed by atoms with E-state index in [4.69, 9.17) is 3.32 Å². The normalized spacial score (nSPS) is 12.8. The van der Waals surface area contributed by atoms with Crippen LogP contribution >= 0.6 is 0 Å². The Morgan fingerprint density at radius 3 is 1.78 bits per heavy atom. The third-order valence-corrected chi connectivity index (χ3v) is 5.64. The third-order valence-electron chi connectivity index (χ3n) is 4.75. The molecule has 0 bridgehead atoms. The van der Waals surface area contributed by atoms with Gasteiger partial charge in [0.1, 0.15) is 0 Å². The van der Waals surface area contributed by atoms with Crippen molar-refractivity contribution in [3.63, 3.8) is 0 Å². The van der Waals surface area contributed by atoms with E-state index >= 15 is 0 Å². The summed E-state index contributed by atoms with van der Waals surface area (Å²) in [6, 6.07) is 0. The second-order valence-electron chi connectivity index (χ2n) is 5.16. The summed E-state index contributed by atoms with van der Waals surface area (Å²) in [5.41, 5.74) is -0.380. The molecule has 0 amide bonds. The van der Waals surface area contributed by atoms with E-state index in [0.29, 0.717) is 0 Å². The summed E-state index contributed by atoms with van der Waals surface area (Å²) in [6.45, 7) is 10.7. The van der Waals surface area contributed by atoms with Crippen molar-refractivity contribution < 1.29 is 28.9 Å². The molecule has 0 saturated heterocycles. The van der Waals surface area contributed by atoms with Crippen molar-refractivity contribution in [2.75, 3.05) is 0 Å². The van der Waals surface area contributed by atoms with Crippen LogP contribution in [0.1, 0.15) is 79.6 Å². The standard InChI is InChI=1S/C14H29O.H2O.O.Ti/c1-6-11-12-13(7-2,8-3)14(15,9-4)10-5;;;/h6-12H2,1-5H3;1H2;;/q-1;;;+2/p-1. The van der Waals surface area contributed by atoms with Crippen molar-refractivity contribution in [3.8, 4) is 0 Å². The van der Waals surface area contributed by atoms with Gasteiger partial charge in [-0.2, -0.15) is 0 Å². The van der Waals surface area contributed by atoms with Crippen LogP contribution in [0.15, 0.2) is 0 Å². The zero-order chi connectivity index (χ0) is 14.2. The van der Waals surface area contributed by atoms with Crippen molar-refractivity contribution in [2.24, 2.45) is 5.41 Å². The first kappa shape index (κ1) is 18.4. The molecule has 0 saturated carbocycles. The topological polar surface area (TPSA) is 46.5 Å². The Bertz CT molecular complexity index is 245. The number of rotatable bonds is 10. The van der Waals surface area contributed by atoms with Gasteiger partial charge in [0.05, 0.1) is 0 Å². The molecular weight excluding hydrogens is 264 g/mol. The fraction of sp³-hybridized carbons (Fsp3) is 1.00. The molecule has 108 valence electrons. The van der Waals surface area contributed by atoms with Gasteiger partial charge in [-0.3, -0.25) is 0 Å². The number of hydrogen-bond acceptors (Lipinski definition) is 2. The van der Waals surface area contributed by atoms with Crippen LogP contribution in [-0.4, -0.2) is 9.29 Å². The van der Waals surface area contributed by atoms with Crippen molar-refractivity contribution in [3.05, 3.63) is 0 Å². The van der Waals surface area contributed by atoms with Crippen LogP contribution in [0.25, 0.3) is 0 Å². The minimum absolute atomic E-state index is 0.0396. The molecule has 0 spiro atoms. The second kappa shape index (κ2) is 8.57. The zero-order valence-electron chi connectivity index (χ0n) is 12.7. The fourth-order valence-electron chi connectivity index (χ4n) is 3.41. The third kappa shape index (κ3) is 3.96. The van der Waals surface area contributed by atoms with Crippen LogP contribution in [0.2, 0.25) is 0 Å². The number of hydrogen-bond donors (Lipinski definition) is 1. The molecule has 0 aromatic rings. The van der Waals surface area contributed by atoms with Gasteiger partial charge in [-0.25, -0.2) is 0 Å². The molecule has 0 unspecified atom stereocenters. The van der Waals surface area contributed by atoms with Crippen molar-refractivity contribution in [1.29, 1.82) is 0 Å². The van der Waals surface area contributed by atoms with E-state index in [-0.39, 0.29) is 5.41 Å². The van der Waals surface area contributed by atoms with Gasteiger partial charge in [0.25, 0.3) is 0 Å². The molecule has 0 radical (unpaired) electrons. The SMILES string of the molecule is CCCCC(CC)(CC)C(CC)(CC)[O][Ti](=[O])[OH]. The summed E-state index contributed by atoms with van der Waals surface area (Å²) >= 11 is -3.51. The first-order chi connectivity index (χ1) is 8.47. The molecular formula is C14H30O3Ti. The van der Waals surface area contributed by atoms with Gasteiger partial charge in [0, 0.05) is 0 Å². The molecule has 0 rings (SSSR count). The van der Waals surface area contributed by atoms with Gasteiger partial charge in [-0.05, 0) is 0 Å². The van der Waals surface area contributed by atoms with Crippen molar-refractivity contribution in [2.45, 2.75) is 85.2 Å². The molecule has 0 fully saturated rings. The predicted octanol–water partition coefficient (Wildman–Crippen LogP) is 4.34. The van der Waals surface area contributed by atoms with Gasteiger partial charge in [0.15, 0.2) is 0 Å². The van der Waals surface area contributed by atoms with Gasteiger partial charge in [-0.1, -0.05) is 0 Å². The van der Waals surface area contributed by atoms with Gasteiger partial charge in [0.2, 0.25) is 0 Å². The van der Waals surface area contributed by atoms with Gasteiger partial charge >= 0.3 is 120 Å². The van der Waals surface area contributed by atoms with Crippen LogP contribution in [-0.2, 0) is 25.3 Å². The molecule has 0 aliphatic carbocycles. The Balaban J connectivity index is 5.37. The molecule has 0 heterocycles. The minimum atomic E-state index is -3.51. The van der Waals surface area contributed by atoms with Crippen LogP contribution in [0.5, 0.6) is 0 Å². The Kier molecular flexibility index (Phi) is 8.78. The average Bonchev–Trinajstić information content (AvgIpc) is 2.38. The Morgan fingerprint density at radius 1 is 1.00 bits per heavy atom. The van der Waals surface area contributed by atoms with Crippen molar-refractivity contribution >= 4 is 0 Å². The average molecular weight is 294 g/mol. The summed E-state index contributed by atoms with van der Waals surface area (Å²) < 4.78 is 26.3. The quantitative estimate of drug-likeness (QED) is 0.609. The van der Waals surface area contributed by atoms with E-state index in [1.165, 1.54) is 0 Å². The Hall–Kier alpha value is 0.434.